The van der Waals surface area contributed by atoms with Crippen LogP contribution in [0.25, 0.3) is 5.57 Å². The molecule has 2 fully saturated rings. The highest BCUT2D eigenvalue weighted by atomic mass is 16.6. The molecule has 2 atom stereocenters. The Labute approximate surface area is 221 Å². The predicted octanol–water partition coefficient (Wildman–Crippen LogP) is 5.69. The molecule has 2 heterocycles. The van der Waals surface area contributed by atoms with Crippen LogP contribution < -0.4 is 0 Å². The number of amides is 1. The molecule has 38 heavy (non-hydrogen) atoms. The van der Waals surface area contributed by atoms with E-state index >= 15 is 0 Å². The van der Waals surface area contributed by atoms with Crippen molar-refractivity contribution in [3.05, 3.63) is 107 Å². The highest BCUT2D eigenvalue weighted by Crippen LogP contribution is 2.64. The Bertz CT molecular complexity index is 1420. The summed E-state index contributed by atoms with van der Waals surface area (Å²) in [5, 5.41) is 14.7. The van der Waals surface area contributed by atoms with Gasteiger partial charge < -0.3 is 14.4 Å². The maximum atomic E-state index is 12.8. The van der Waals surface area contributed by atoms with Crippen molar-refractivity contribution in [1.82, 2.24) is 10.1 Å². The van der Waals surface area contributed by atoms with Gasteiger partial charge in [-0.3, -0.25) is 9.69 Å². The topological polar surface area (TPSA) is 92.9 Å². The van der Waals surface area contributed by atoms with Crippen LogP contribution in [0.15, 0.2) is 83.4 Å². The van der Waals surface area contributed by atoms with Crippen molar-refractivity contribution in [2.45, 2.75) is 50.6 Å². The van der Waals surface area contributed by atoms with E-state index in [2.05, 4.69) is 11.2 Å². The van der Waals surface area contributed by atoms with Gasteiger partial charge in [0.15, 0.2) is 5.76 Å². The van der Waals surface area contributed by atoms with Crippen LogP contribution in [-0.2, 0) is 27.9 Å². The molecule has 2 aromatic carbocycles. The summed E-state index contributed by atoms with van der Waals surface area (Å²) in [6, 6.07) is 19.9. The lowest BCUT2D eigenvalue weighted by atomic mass is 9.64. The van der Waals surface area contributed by atoms with Crippen molar-refractivity contribution in [2.24, 2.45) is 5.41 Å². The van der Waals surface area contributed by atoms with Crippen LogP contribution >= 0.6 is 0 Å². The van der Waals surface area contributed by atoms with E-state index in [1.165, 1.54) is 0 Å². The standard InChI is InChI=1S/C31H30N2O5/c1-21-26(19-33-25(20-37-29(33)36)18-22-8-4-2-5-9-22)27(38-32-21)30(31(16-17-31)28(34)35)14-12-24(13-15-30)23-10-6-3-7-11-23/h2-14,25H,15-20H2,1H3,(H,34,35)/t25-,30?/m0/s1. The fourth-order valence-corrected chi connectivity index (χ4v) is 6.03. The summed E-state index contributed by atoms with van der Waals surface area (Å²) in [6.07, 6.45) is 7.99. The van der Waals surface area contributed by atoms with E-state index in [1.807, 2.05) is 79.7 Å². The summed E-state index contributed by atoms with van der Waals surface area (Å²) in [5.74, 6) is -0.297. The van der Waals surface area contributed by atoms with Crippen LogP contribution in [0.3, 0.4) is 0 Å². The molecule has 1 aliphatic heterocycles. The van der Waals surface area contributed by atoms with Crippen LogP contribution in [0.2, 0.25) is 0 Å². The molecule has 1 saturated heterocycles. The largest absolute Gasteiger partial charge is 0.481 e. The molecule has 0 spiro atoms. The van der Waals surface area contributed by atoms with E-state index in [1.54, 1.807) is 4.90 Å². The number of carbonyl (C=O) groups is 2. The van der Waals surface area contributed by atoms with Gasteiger partial charge in [-0.05, 0) is 49.3 Å². The Morgan fingerprint density at radius 2 is 1.82 bits per heavy atom. The second-order valence-corrected chi connectivity index (χ2v) is 10.5. The second-order valence-electron chi connectivity index (χ2n) is 10.5. The van der Waals surface area contributed by atoms with Gasteiger partial charge >= 0.3 is 12.1 Å². The third kappa shape index (κ3) is 3.93. The maximum absolute atomic E-state index is 12.8. The van der Waals surface area contributed by atoms with Crippen molar-refractivity contribution < 1.29 is 24.0 Å². The molecular formula is C31H30N2O5. The number of carboxylic acids is 1. The number of hydrogen-bond donors (Lipinski definition) is 1. The lowest BCUT2D eigenvalue weighted by Gasteiger charge is -2.37. The molecular weight excluding hydrogens is 480 g/mol. The minimum Gasteiger partial charge on any atom is -0.481 e. The monoisotopic (exact) mass is 510 g/mol. The van der Waals surface area contributed by atoms with Gasteiger partial charge in [-0.1, -0.05) is 84.0 Å². The molecule has 1 N–H and O–H groups in total. The third-order valence-electron chi connectivity index (χ3n) is 8.42. The highest BCUT2D eigenvalue weighted by molar-refractivity contribution is 5.84. The normalized spacial score (nSPS) is 23.7. The number of aliphatic carboxylic acids is 1. The number of ether oxygens (including phenoxy) is 1. The van der Waals surface area contributed by atoms with Crippen LogP contribution in [-0.4, -0.2) is 39.9 Å². The summed E-state index contributed by atoms with van der Waals surface area (Å²) in [7, 11) is 0. The lowest BCUT2D eigenvalue weighted by Crippen LogP contribution is -2.42. The van der Waals surface area contributed by atoms with Crippen molar-refractivity contribution in [3.8, 4) is 0 Å². The number of rotatable bonds is 8. The Hall–Kier alpha value is -4.13. The van der Waals surface area contributed by atoms with E-state index in [0.29, 0.717) is 43.7 Å². The fourth-order valence-electron chi connectivity index (χ4n) is 6.03. The first-order valence-corrected chi connectivity index (χ1v) is 13.0. The molecule has 1 aromatic heterocycles. The van der Waals surface area contributed by atoms with Gasteiger partial charge in [0.2, 0.25) is 0 Å². The van der Waals surface area contributed by atoms with E-state index in [0.717, 1.165) is 22.3 Å². The van der Waals surface area contributed by atoms with Gasteiger partial charge in [0.1, 0.15) is 6.61 Å². The third-order valence-corrected chi connectivity index (χ3v) is 8.42. The number of nitrogens with zero attached hydrogens (tertiary/aromatic N) is 2. The number of cyclic esters (lactones) is 1. The summed E-state index contributed by atoms with van der Waals surface area (Å²) in [5.41, 5.74) is 2.79. The smallest absolute Gasteiger partial charge is 0.410 e. The minimum absolute atomic E-state index is 0.135. The van der Waals surface area contributed by atoms with Crippen LogP contribution in [0, 0.1) is 12.3 Å². The van der Waals surface area contributed by atoms with E-state index in [4.69, 9.17) is 9.26 Å². The van der Waals surface area contributed by atoms with Crippen molar-refractivity contribution in [2.75, 3.05) is 6.61 Å². The number of benzene rings is 2. The molecule has 0 radical (unpaired) electrons. The molecule has 1 saturated carbocycles. The number of allylic oxidation sites excluding steroid dienone is 4. The van der Waals surface area contributed by atoms with Crippen molar-refractivity contribution in [1.29, 1.82) is 0 Å². The first kappa shape index (κ1) is 24.2. The number of carbonyl (C=O) groups excluding carboxylic acids is 1. The maximum Gasteiger partial charge on any atom is 0.410 e. The molecule has 1 amide bonds. The number of aromatic nitrogens is 1. The molecule has 3 aliphatic rings. The van der Waals surface area contributed by atoms with E-state index in [-0.39, 0.29) is 18.7 Å². The average molecular weight is 511 g/mol. The summed E-state index contributed by atoms with van der Waals surface area (Å²) >= 11 is 0. The van der Waals surface area contributed by atoms with E-state index < -0.39 is 16.8 Å². The van der Waals surface area contributed by atoms with Gasteiger partial charge in [-0.2, -0.15) is 0 Å². The zero-order valence-electron chi connectivity index (χ0n) is 21.3. The number of aryl methyl sites for hydroxylation is 1. The number of hydrogen-bond acceptors (Lipinski definition) is 5. The summed E-state index contributed by atoms with van der Waals surface area (Å²) < 4.78 is 11.4. The summed E-state index contributed by atoms with van der Waals surface area (Å²) in [4.78, 5) is 27.2. The SMILES string of the molecule is Cc1noc(C2(C3(C(=O)O)CC3)C=CC(c3ccccc3)=CC2)c1CN1C(=O)OC[C@@H]1Cc1ccccc1. The Morgan fingerprint density at radius 1 is 1.11 bits per heavy atom. The first-order valence-electron chi connectivity index (χ1n) is 13.0. The summed E-state index contributed by atoms with van der Waals surface area (Å²) in [6.45, 7) is 2.41. The fraction of sp³-hybridized carbons (Fsp3) is 0.323. The van der Waals surface area contributed by atoms with Crippen LogP contribution in [0.4, 0.5) is 4.79 Å². The Balaban J connectivity index is 1.36. The van der Waals surface area contributed by atoms with Gasteiger partial charge in [-0.15, -0.1) is 0 Å². The lowest BCUT2D eigenvalue weighted by molar-refractivity contribution is -0.146. The molecule has 0 bridgehead atoms. The quantitative estimate of drug-likeness (QED) is 0.418. The molecule has 3 aromatic rings. The van der Waals surface area contributed by atoms with Gasteiger partial charge in [0, 0.05) is 5.56 Å². The highest BCUT2D eigenvalue weighted by Gasteiger charge is 2.66. The molecule has 6 rings (SSSR count). The predicted molar refractivity (Wildman–Crippen MR) is 141 cm³/mol. The van der Waals surface area contributed by atoms with Gasteiger partial charge in [-0.25, -0.2) is 4.79 Å². The number of carboxylic acid groups (broad SMARTS) is 1. The van der Waals surface area contributed by atoms with Gasteiger partial charge in [0.25, 0.3) is 0 Å². The second kappa shape index (κ2) is 9.31. The molecule has 2 aliphatic carbocycles. The van der Waals surface area contributed by atoms with Crippen molar-refractivity contribution in [3.63, 3.8) is 0 Å². The Kier molecular flexibility index (Phi) is 5.94. The van der Waals surface area contributed by atoms with Gasteiger partial charge in [0.05, 0.1) is 29.1 Å². The van der Waals surface area contributed by atoms with Crippen LogP contribution in [0.1, 0.15) is 47.4 Å². The van der Waals surface area contributed by atoms with E-state index in [9.17, 15) is 14.7 Å². The zero-order chi connectivity index (χ0) is 26.3. The van der Waals surface area contributed by atoms with Crippen molar-refractivity contribution >= 4 is 17.6 Å². The zero-order valence-corrected chi connectivity index (χ0v) is 21.3. The minimum atomic E-state index is -0.974. The Morgan fingerprint density at radius 3 is 2.45 bits per heavy atom. The first-order chi connectivity index (χ1) is 18.4. The molecule has 1 unspecified atom stereocenters. The molecule has 7 nitrogen and oxygen atoms in total. The molecule has 7 heteroatoms. The molecule has 194 valence electrons. The van der Waals surface area contributed by atoms with Crippen LogP contribution in [0.5, 0.6) is 0 Å². The average Bonchev–Trinajstić information content (AvgIpc) is 3.60.